The van der Waals surface area contributed by atoms with E-state index in [2.05, 4.69) is 16.0 Å². The van der Waals surface area contributed by atoms with Crippen LogP contribution in [-0.4, -0.2) is 75.7 Å². The summed E-state index contributed by atoms with van der Waals surface area (Å²) >= 11 is 0. The lowest BCUT2D eigenvalue weighted by Crippen LogP contribution is -2.58. The molecule has 4 atom stereocenters. The zero-order valence-corrected chi connectivity index (χ0v) is 21.1. The number of primary amides is 1. The summed E-state index contributed by atoms with van der Waals surface area (Å²) in [6, 6.07) is 9.24. The second-order valence-electron chi connectivity index (χ2n) is 8.88. The number of carbonyl (C=O) groups is 5. The van der Waals surface area contributed by atoms with Crippen molar-refractivity contribution in [1.29, 1.82) is 0 Å². The zero-order chi connectivity index (χ0) is 28.9. The van der Waals surface area contributed by atoms with Crippen LogP contribution in [-0.2, 0) is 36.8 Å². The molecule has 10 N–H and O–H groups in total. The first-order chi connectivity index (χ1) is 18.5. The quantitative estimate of drug-likeness (QED) is 0.128. The molecule has 39 heavy (non-hydrogen) atoms. The van der Waals surface area contributed by atoms with Crippen LogP contribution >= 0.6 is 0 Å². The van der Waals surface area contributed by atoms with Crippen LogP contribution in [0.1, 0.15) is 24.0 Å². The van der Waals surface area contributed by atoms with Gasteiger partial charge >= 0.3 is 5.97 Å². The van der Waals surface area contributed by atoms with Gasteiger partial charge in [0.25, 0.3) is 0 Å². The van der Waals surface area contributed by atoms with E-state index < -0.39 is 60.4 Å². The average molecular weight is 544 g/mol. The van der Waals surface area contributed by atoms with E-state index in [1.54, 1.807) is 42.5 Å². The Morgan fingerprint density at radius 1 is 0.744 bits per heavy atom. The second-order valence-corrected chi connectivity index (χ2v) is 8.88. The topological polar surface area (TPSA) is 234 Å². The van der Waals surface area contributed by atoms with E-state index in [-0.39, 0.29) is 31.4 Å². The number of benzene rings is 2. The van der Waals surface area contributed by atoms with Gasteiger partial charge in [0.1, 0.15) is 23.9 Å². The molecule has 0 saturated carbocycles. The molecular weight excluding hydrogens is 510 g/mol. The fourth-order valence-corrected chi connectivity index (χ4v) is 3.60. The summed E-state index contributed by atoms with van der Waals surface area (Å²) in [6.45, 7) is -0.834. The lowest BCUT2D eigenvalue weighted by molar-refractivity contribution is -0.142. The van der Waals surface area contributed by atoms with E-state index >= 15 is 0 Å². The minimum Gasteiger partial charge on any atom is -0.508 e. The summed E-state index contributed by atoms with van der Waals surface area (Å²) in [5.41, 5.74) is 12.4. The monoisotopic (exact) mass is 543 g/mol. The number of nitrogens with one attached hydrogen (secondary N) is 3. The van der Waals surface area contributed by atoms with Gasteiger partial charge < -0.3 is 42.7 Å². The van der Waals surface area contributed by atoms with E-state index in [4.69, 9.17) is 11.5 Å². The van der Waals surface area contributed by atoms with Crippen LogP contribution in [0.25, 0.3) is 0 Å². The maximum Gasteiger partial charge on any atom is 0.326 e. The first-order valence-electron chi connectivity index (χ1n) is 12.1. The molecule has 0 aromatic heterocycles. The van der Waals surface area contributed by atoms with E-state index in [1.807, 2.05) is 0 Å². The van der Waals surface area contributed by atoms with E-state index in [0.717, 1.165) is 0 Å². The van der Waals surface area contributed by atoms with Crippen molar-refractivity contribution in [3.05, 3.63) is 65.7 Å². The van der Waals surface area contributed by atoms with Crippen LogP contribution < -0.4 is 27.4 Å². The van der Waals surface area contributed by atoms with Crippen LogP contribution in [0.15, 0.2) is 54.6 Å². The number of nitrogens with two attached hydrogens (primary N) is 2. The molecule has 2 rings (SSSR count). The van der Waals surface area contributed by atoms with Crippen LogP contribution in [0.5, 0.6) is 5.75 Å². The number of hydrogen-bond acceptors (Lipinski definition) is 8. The van der Waals surface area contributed by atoms with Crippen LogP contribution in [0.3, 0.4) is 0 Å². The fourth-order valence-electron chi connectivity index (χ4n) is 3.60. The van der Waals surface area contributed by atoms with Gasteiger partial charge in [-0.25, -0.2) is 4.79 Å². The van der Waals surface area contributed by atoms with Crippen LogP contribution in [0, 0.1) is 0 Å². The van der Waals surface area contributed by atoms with Gasteiger partial charge in [0, 0.05) is 12.8 Å². The van der Waals surface area contributed by atoms with Crippen molar-refractivity contribution in [3.63, 3.8) is 0 Å². The highest BCUT2D eigenvalue weighted by Crippen LogP contribution is 2.11. The number of aliphatic hydroxyl groups excluding tert-OH is 1. The van der Waals surface area contributed by atoms with Crippen molar-refractivity contribution < 1.29 is 39.3 Å². The number of carboxylic acids is 1. The fraction of sp³-hybridized carbons (Fsp3) is 0.346. The SMILES string of the molecule is NC(=O)CCC(NC(=O)C(CO)NC(=O)C(N)Cc1ccc(O)cc1)C(=O)NC(Cc1ccccc1)C(=O)O. The number of hydrogen-bond donors (Lipinski definition) is 8. The molecule has 0 bridgehead atoms. The molecule has 0 fully saturated rings. The first-order valence-corrected chi connectivity index (χ1v) is 12.1. The highest BCUT2D eigenvalue weighted by Gasteiger charge is 2.30. The molecule has 0 radical (unpaired) electrons. The summed E-state index contributed by atoms with van der Waals surface area (Å²) in [5.74, 6) is -4.63. The van der Waals surface area contributed by atoms with E-state index in [0.29, 0.717) is 11.1 Å². The average Bonchev–Trinajstić information content (AvgIpc) is 2.90. The number of carboxylic acid groups (broad SMARTS) is 1. The standard InChI is InChI=1S/C26H33N5O8/c27-18(12-16-6-8-17(33)9-7-16)23(35)31-21(14-32)25(37)29-19(10-11-22(28)34)24(36)30-20(26(38)39)13-15-4-2-1-3-5-15/h1-9,18-21,32-33H,10-14,27H2,(H2,28,34)(H,29,37)(H,30,36)(H,31,35)(H,38,39). The van der Waals surface area contributed by atoms with Crippen molar-refractivity contribution in [2.45, 2.75) is 49.9 Å². The van der Waals surface area contributed by atoms with Gasteiger partial charge in [0.15, 0.2) is 0 Å². The van der Waals surface area contributed by atoms with Gasteiger partial charge in [-0.2, -0.15) is 0 Å². The predicted molar refractivity (Wildman–Crippen MR) is 139 cm³/mol. The molecule has 4 amide bonds. The summed E-state index contributed by atoms with van der Waals surface area (Å²) in [5, 5.41) is 35.6. The van der Waals surface area contributed by atoms with Gasteiger partial charge in [-0.1, -0.05) is 42.5 Å². The summed E-state index contributed by atoms with van der Waals surface area (Å²) < 4.78 is 0. The Hall–Kier alpha value is -4.49. The molecule has 0 saturated heterocycles. The summed E-state index contributed by atoms with van der Waals surface area (Å²) in [7, 11) is 0. The Morgan fingerprint density at radius 2 is 1.28 bits per heavy atom. The van der Waals surface area contributed by atoms with Crippen molar-refractivity contribution in [1.82, 2.24) is 16.0 Å². The largest absolute Gasteiger partial charge is 0.508 e. The molecule has 13 heteroatoms. The number of phenolic OH excluding ortho intramolecular Hbond substituents is 1. The normalized spacial score (nSPS) is 13.8. The van der Waals surface area contributed by atoms with Gasteiger partial charge in [-0.15, -0.1) is 0 Å². The molecule has 0 heterocycles. The third-order valence-electron chi connectivity index (χ3n) is 5.75. The highest BCUT2D eigenvalue weighted by molar-refractivity contribution is 5.94. The van der Waals surface area contributed by atoms with Crippen molar-refractivity contribution in [2.24, 2.45) is 11.5 Å². The van der Waals surface area contributed by atoms with E-state index in [9.17, 15) is 39.3 Å². The van der Waals surface area contributed by atoms with Crippen molar-refractivity contribution >= 4 is 29.6 Å². The number of amides is 4. The Labute approximate surface area is 224 Å². The number of carbonyl (C=O) groups excluding carboxylic acids is 4. The number of rotatable bonds is 15. The predicted octanol–water partition coefficient (Wildman–Crippen LogP) is -1.70. The van der Waals surface area contributed by atoms with Crippen LogP contribution in [0.4, 0.5) is 0 Å². The Kier molecular flexibility index (Phi) is 11.9. The van der Waals surface area contributed by atoms with Crippen molar-refractivity contribution in [3.8, 4) is 5.75 Å². The number of aliphatic hydroxyl groups is 1. The maximum atomic E-state index is 12.9. The van der Waals surface area contributed by atoms with Crippen LogP contribution in [0.2, 0.25) is 0 Å². The third kappa shape index (κ3) is 10.4. The smallest absolute Gasteiger partial charge is 0.326 e. The minimum atomic E-state index is -1.49. The lowest BCUT2D eigenvalue weighted by atomic mass is 10.0. The number of aromatic hydroxyl groups is 1. The highest BCUT2D eigenvalue weighted by atomic mass is 16.4. The lowest BCUT2D eigenvalue weighted by Gasteiger charge is -2.24. The van der Waals surface area contributed by atoms with Gasteiger partial charge in [-0.05, 0) is 36.1 Å². The van der Waals surface area contributed by atoms with Gasteiger partial charge in [0.05, 0.1) is 12.6 Å². The molecule has 2 aromatic rings. The molecular formula is C26H33N5O8. The number of aliphatic carboxylic acids is 1. The molecule has 4 unspecified atom stereocenters. The second kappa shape index (κ2) is 15.1. The minimum absolute atomic E-state index is 0.0351. The Morgan fingerprint density at radius 3 is 1.85 bits per heavy atom. The van der Waals surface area contributed by atoms with Gasteiger partial charge in [0.2, 0.25) is 23.6 Å². The molecule has 0 aliphatic carbocycles. The molecule has 210 valence electrons. The Balaban J connectivity index is 2.06. The summed E-state index contributed by atoms with van der Waals surface area (Å²) in [4.78, 5) is 61.4. The number of phenols is 1. The van der Waals surface area contributed by atoms with Crippen molar-refractivity contribution in [2.75, 3.05) is 6.61 Å². The molecule has 0 spiro atoms. The first kappa shape index (κ1) is 30.7. The molecule has 2 aromatic carbocycles. The molecule has 0 aliphatic heterocycles. The Bertz CT molecular complexity index is 1140. The van der Waals surface area contributed by atoms with E-state index in [1.165, 1.54) is 12.1 Å². The summed E-state index contributed by atoms with van der Waals surface area (Å²) in [6.07, 6.45) is -0.514. The molecule has 0 aliphatic rings. The zero-order valence-electron chi connectivity index (χ0n) is 21.1. The molecule has 13 nitrogen and oxygen atoms in total. The van der Waals surface area contributed by atoms with Gasteiger partial charge in [-0.3, -0.25) is 19.2 Å². The maximum absolute atomic E-state index is 12.9. The third-order valence-corrected chi connectivity index (χ3v) is 5.75.